The minimum absolute atomic E-state index is 0.0865. The molecule has 3 aromatic rings. The van der Waals surface area contributed by atoms with Crippen molar-refractivity contribution in [2.45, 2.75) is 13.5 Å². The second-order valence-electron chi connectivity index (χ2n) is 5.77. The van der Waals surface area contributed by atoms with Crippen molar-refractivity contribution in [3.05, 3.63) is 76.8 Å². The number of carbonyl (C=O) groups excluding carboxylic acids is 1. The molecule has 0 saturated carbocycles. The number of hydrogen-bond acceptors (Lipinski definition) is 3. The molecule has 27 heavy (non-hydrogen) atoms. The summed E-state index contributed by atoms with van der Waals surface area (Å²) in [5.74, 6) is -0.425. The number of nitrogens with one attached hydrogen (secondary N) is 1. The van der Waals surface area contributed by atoms with Gasteiger partial charge in [-0.2, -0.15) is 0 Å². The third-order valence-corrected chi connectivity index (χ3v) is 4.14. The lowest BCUT2D eigenvalue weighted by Gasteiger charge is -2.10. The highest BCUT2D eigenvalue weighted by Gasteiger charge is 2.09. The zero-order valence-corrected chi connectivity index (χ0v) is 15.1. The number of imidazole rings is 1. The highest BCUT2D eigenvalue weighted by atomic mass is 35.5. The summed E-state index contributed by atoms with van der Waals surface area (Å²) < 4.78 is 34.3. The molecule has 0 saturated heterocycles. The molecule has 0 fully saturated rings. The number of halogens is 3. The van der Waals surface area contributed by atoms with Crippen molar-refractivity contribution in [2.24, 2.45) is 0 Å². The molecule has 1 amide bonds. The number of nitrogens with zero attached hydrogens (tertiary/aromatic N) is 2. The molecule has 8 heteroatoms. The summed E-state index contributed by atoms with van der Waals surface area (Å²) in [6.45, 7) is 1.66. The van der Waals surface area contributed by atoms with Crippen LogP contribution in [-0.2, 0) is 11.3 Å². The first-order chi connectivity index (χ1) is 12.9. The van der Waals surface area contributed by atoms with Gasteiger partial charge in [-0.1, -0.05) is 17.7 Å². The standard InChI is InChI=1S/C19H16ClF2N3O2/c1-12-23-6-7-25(12)18-5-2-13(8-17(18)22)10-24-19(26)11-27-14-3-4-16(21)15(20)9-14/h2-9H,10-11H2,1H3,(H,24,26). The van der Waals surface area contributed by atoms with Crippen LogP contribution in [0, 0.1) is 18.6 Å². The van der Waals surface area contributed by atoms with Crippen LogP contribution in [0.5, 0.6) is 5.75 Å². The molecule has 0 aliphatic rings. The van der Waals surface area contributed by atoms with Gasteiger partial charge in [0.1, 0.15) is 23.2 Å². The molecule has 3 rings (SSSR count). The number of rotatable bonds is 6. The summed E-state index contributed by atoms with van der Waals surface area (Å²) in [6.07, 6.45) is 3.27. The maximum Gasteiger partial charge on any atom is 0.258 e. The van der Waals surface area contributed by atoms with Crippen LogP contribution >= 0.6 is 11.6 Å². The Bertz CT molecular complexity index is 975. The highest BCUT2D eigenvalue weighted by molar-refractivity contribution is 6.30. The van der Waals surface area contributed by atoms with Gasteiger partial charge >= 0.3 is 0 Å². The van der Waals surface area contributed by atoms with Crippen molar-refractivity contribution >= 4 is 17.5 Å². The average molecular weight is 392 g/mol. The Morgan fingerprint density at radius 1 is 1.22 bits per heavy atom. The fourth-order valence-corrected chi connectivity index (χ4v) is 2.63. The Morgan fingerprint density at radius 3 is 2.70 bits per heavy atom. The lowest BCUT2D eigenvalue weighted by atomic mass is 10.2. The summed E-state index contributed by atoms with van der Waals surface area (Å²) in [5.41, 5.74) is 0.990. The van der Waals surface area contributed by atoms with Crippen LogP contribution in [0.4, 0.5) is 8.78 Å². The molecule has 0 aliphatic heterocycles. The van der Waals surface area contributed by atoms with Crippen molar-refractivity contribution in [3.63, 3.8) is 0 Å². The average Bonchev–Trinajstić information content (AvgIpc) is 3.07. The van der Waals surface area contributed by atoms with Crippen molar-refractivity contribution in [2.75, 3.05) is 6.61 Å². The topological polar surface area (TPSA) is 56.2 Å². The van der Waals surface area contributed by atoms with Gasteiger partial charge in [-0.3, -0.25) is 4.79 Å². The van der Waals surface area contributed by atoms with Gasteiger partial charge in [0.05, 0.1) is 10.7 Å². The lowest BCUT2D eigenvalue weighted by molar-refractivity contribution is -0.123. The smallest absolute Gasteiger partial charge is 0.258 e. The first-order valence-corrected chi connectivity index (χ1v) is 8.45. The number of amides is 1. The third kappa shape index (κ3) is 4.62. The molecular weight excluding hydrogens is 376 g/mol. The summed E-state index contributed by atoms with van der Waals surface area (Å²) >= 11 is 5.65. The quantitative estimate of drug-likeness (QED) is 0.695. The molecule has 0 unspecified atom stereocenters. The van der Waals surface area contributed by atoms with Gasteiger partial charge in [0.2, 0.25) is 0 Å². The molecule has 5 nitrogen and oxygen atoms in total. The first-order valence-electron chi connectivity index (χ1n) is 8.07. The maximum atomic E-state index is 14.3. The second-order valence-corrected chi connectivity index (χ2v) is 6.18. The Kier molecular flexibility index (Phi) is 5.71. The van der Waals surface area contributed by atoms with E-state index in [1.807, 2.05) is 0 Å². The van der Waals surface area contributed by atoms with E-state index in [2.05, 4.69) is 10.3 Å². The Morgan fingerprint density at radius 2 is 2.04 bits per heavy atom. The largest absolute Gasteiger partial charge is 0.484 e. The summed E-state index contributed by atoms with van der Waals surface area (Å²) in [6, 6.07) is 8.52. The summed E-state index contributed by atoms with van der Waals surface area (Å²) in [4.78, 5) is 15.9. The van der Waals surface area contributed by atoms with E-state index in [1.54, 1.807) is 36.0 Å². The summed E-state index contributed by atoms with van der Waals surface area (Å²) in [5, 5.41) is 2.54. The van der Waals surface area contributed by atoms with E-state index in [0.29, 0.717) is 17.1 Å². The normalized spacial score (nSPS) is 10.7. The molecule has 1 N–H and O–H groups in total. The zero-order valence-electron chi connectivity index (χ0n) is 14.4. The number of ether oxygens (including phenoxy) is 1. The molecule has 0 aliphatic carbocycles. The summed E-state index contributed by atoms with van der Waals surface area (Å²) in [7, 11) is 0. The van der Waals surface area contributed by atoms with Gasteiger partial charge in [-0.05, 0) is 36.8 Å². The van der Waals surface area contributed by atoms with Crippen molar-refractivity contribution < 1.29 is 18.3 Å². The van der Waals surface area contributed by atoms with E-state index in [4.69, 9.17) is 16.3 Å². The molecule has 0 bridgehead atoms. The number of aromatic nitrogens is 2. The molecule has 1 aromatic heterocycles. The minimum atomic E-state index is -0.565. The minimum Gasteiger partial charge on any atom is -0.484 e. The van der Waals surface area contributed by atoms with Gasteiger partial charge in [-0.15, -0.1) is 0 Å². The van der Waals surface area contributed by atoms with Crippen LogP contribution in [0.3, 0.4) is 0 Å². The number of hydrogen-bond donors (Lipinski definition) is 1. The number of carbonyl (C=O) groups is 1. The van der Waals surface area contributed by atoms with Crippen molar-refractivity contribution in [1.29, 1.82) is 0 Å². The number of benzene rings is 2. The predicted octanol–water partition coefficient (Wildman–Crippen LogP) is 3.81. The fourth-order valence-electron chi connectivity index (χ4n) is 2.46. The molecule has 1 heterocycles. The Hall–Kier alpha value is -2.93. The molecule has 140 valence electrons. The Balaban J connectivity index is 1.55. The lowest BCUT2D eigenvalue weighted by Crippen LogP contribution is -2.28. The van der Waals surface area contributed by atoms with Gasteiger partial charge < -0.3 is 14.6 Å². The van der Waals surface area contributed by atoms with Crippen LogP contribution in [0.1, 0.15) is 11.4 Å². The van der Waals surface area contributed by atoms with Crippen molar-refractivity contribution in [1.82, 2.24) is 14.9 Å². The van der Waals surface area contributed by atoms with E-state index in [-0.39, 0.29) is 23.9 Å². The fraction of sp³-hybridized carbons (Fsp3) is 0.158. The molecule has 0 atom stereocenters. The Labute approximate surface area is 159 Å². The second kappa shape index (κ2) is 8.18. The third-order valence-electron chi connectivity index (χ3n) is 3.85. The molecule has 0 radical (unpaired) electrons. The monoisotopic (exact) mass is 391 g/mol. The van der Waals surface area contributed by atoms with E-state index in [9.17, 15) is 13.6 Å². The number of aryl methyl sites for hydroxylation is 1. The van der Waals surface area contributed by atoms with E-state index >= 15 is 0 Å². The van der Waals surface area contributed by atoms with Gasteiger partial charge in [0.25, 0.3) is 5.91 Å². The van der Waals surface area contributed by atoms with Crippen LogP contribution < -0.4 is 10.1 Å². The van der Waals surface area contributed by atoms with Crippen LogP contribution in [0.25, 0.3) is 5.69 Å². The molecular formula is C19H16ClF2N3O2. The molecule has 2 aromatic carbocycles. The van der Waals surface area contributed by atoms with E-state index < -0.39 is 17.5 Å². The molecule has 0 spiro atoms. The van der Waals surface area contributed by atoms with Crippen LogP contribution in [0.15, 0.2) is 48.8 Å². The van der Waals surface area contributed by atoms with Crippen LogP contribution in [0.2, 0.25) is 5.02 Å². The van der Waals surface area contributed by atoms with Gasteiger partial charge in [0.15, 0.2) is 6.61 Å². The maximum absolute atomic E-state index is 14.3. The van der Waals surface area contributed by atoms with Gasteiger partial charge in [-0.25, -0.2) is 13.8 Å². The van der Waals surface area contributed by atoms with Gasteiger partial charge in [0, 0.05) is 25.0 Å². The predicted molar refractivity (Wildman–Crippen MR) is 97.0 cm³/mol. The zero-order chi connectivity index (χ0) is 19.4. The highest BCUT2D eigenvalue weighted by Crippen LogP contribution is 2.21. The van der Waals surface area contributed by atoms with Crippen LogP contribution in [-0.4, -0.2) is 22.1 Å². The SMILES string of the molecule is Cc1nccn1-c1ccc(CNC(=O)COc2ccc(F)c(Cl)c2)cc1F. The van der Waals surface area contributed by atoms with Crippen molar-refractivity contribution in [3.8, 4) is 11.4 Å². The first kappa shape index (κ1) is 18.8. The van der Waals surface area contributed by atoms with E-state index in [1.165, 1.54) is 18.2 Å². The van der Waals surface area contributed by atoms with E-state index in [0.717, 1.165) is 6.07 Å².